The van der Waals surface area contributed by atoms with Crippen LogP contribution in [0.5, 0.6) is 51.7 Å². The van der Waals surface area contributed by atoms with Crippen molar-refractivity contribution >= 4 is 97.6 Å². The van der Waals surface area contributed by atoms with Crippen LogP contribution in [0.1, 0.15) is 182 Å². The molecule has 0 saturated heterocycles. The zero-order valence-corrected chi connectivity index (χ0v) is 64.8. The molecule has 0 bridgehead atoms. The van der Waals surface area contributed by atoms with Crippen LogP contribution >= 0.6 is 0 Å². The van der Waals surface area contributed by atoms with Crippen molar-refractivity contribution in [3.63, 3.8) is 0 Å². The van der Waals surface area contributed by atoms with Gasteiger partial charge in [0.2, 0.25) is 11.6 Å². The Morgan fingerprint density at radius 3 is 1.06 bits per heavy atom. The largest absolute Gasteiger partial charge is 1.00 e. The second-order valence-electron chi connectivity index (χ2n) is 30.7. The van der Waals surface area contributed by atoms with Crippen LogP contribution in [-0.4, -0.2) is 113 Å². The minimum Gasteiger partial charge on any atom is -1.00 e. The number of allylic oxidation sites excluding steroid dienone is 1. The third-order valence-electron chi connectivity index (χ3n) is 17.2. The van der Waals surface area contributed by atoms with Crippen LogP contribution in [0.25, 0.3) is 38.1 Å². The molecule has 0 fully saturated rings. The number of halogens is 1. The molecule has 2 amide bonds. The van der Waals surface area contributed by atoms with Crippen molar-refractivity contribution in [3.8, 4) is 51.7 Å². The minimum atomic E-state index is -0.736. The highest BCUT2D eigenvalue weighted by Crippen LogP contribution is 2.54. The van der Waals surface area contributed by atoms with Crippen LogP contribution in [0.2, 0.25) is 0 Å². The summed E-state index contributed by atoms with van der Waals surface area (Å²) in [6.45, 7) is 29.4. The molecule has 25 nitrogen and oxygen atoms in total. The summed E-state index contributed by atoms with van der Waals surface area (Å²) in [7, 11) is 0. The van der Waals surface area contributed by atoms with Gasteiger partial charge in [-0.1, -0.05) is 97.1 Å². The molecule has 0 atom stereocenters. The highest BCUT2D eigenvalue weighted by atomic mass is 35.5. The maximum atomic E-state index is 12.6. The molecule has 4 aliphatic heterocycles. The summed E-state index contributed by atoms with van der Waals surface area (Å²) < 4.78 is 68.1. The third-order valence-corrected chi connectivity index (χ3v) is 17.2. The number of esters is 6. The first-order chi connectivity index (χ1) is 50.0. The van der Waals surface area contributed by atoms with Crippen LogP contribution in [0.15, 0.2) is 103 Å². The van der Waals surface area contributed by atoms with Crippen LogP contribution in [0.3, 0.4) is 0 Å². The van der Waals surface area contributed by atoms with E-state index in [2.05, 4.69) is 16.4 Å². The van der Waals surface area contributed by atoms with Crippen molar-refractivity contribution in [2.45, 2.75) is 203 Å². The number of quaternary nitrogens is 1. The number of hydrogen-bond acceptors (Lipinski definition) is 22. The van der Waals surface area contributed by atoms with E-state index in [1.54, 1.807) is 77.9 Å². The van der Waals surface area contributed by atoms with E-state index in [1.807, 2.05) is 116 Å². The predicted octanol–water partition coefficient (Wildman–Crippen LogP) is 10.4. The van der Waals surface area contributed by atoms with Gasteiger partial charge in [-0.15, -0.1) is 0 Å². The Labute approximate surface area is 632 Å². The Morgan fingerprint density at radius 1 is 0.398 bits per heavy atom. The Balaban J connectivity index is 0.000000184. The van der Waals surface area contributed by atoms with Crippen LogP contribution in [-0.2, 0) is 67.0 Å². The minimum absolute atomic E-state index is 0. The summed E-state index contributed by atoms with van der Waals surface area (Å²) in [4.78, 5) is 120. The van der Waals surface area contributed by atoms with E-state index in [0.29, 0.717) is 100.0 Å². The van der Waals surface area contributed by atoms with Crippen molar-refractivity contribution in [1.29, 1.82) is 0 Å². The molecule has 4 heterocycles. The number of amides is 2. The van der Waals surface area contributed by atoms with Gasteiger partial charge in [-0.2, -0.15) is 0 Å². The molecular formula is C82H94ClN3O22. The number of hydrogen-bond donors (Lipinski definition) is 3. The van der Waals surface area contributed by atoms with Gasteiger partial charge in [0.25, 0.3) is 0 Å². The molecule has 5 aliphatic rings. The van der Waals surface area contributed by atoms with Gasteiger partial charge in [0, 0.05) is 86.5 Å². The molecule has 5 N–H and O–H groups in total. The number of rotatable bonds is 11. The van der Waals surface area contributed by atoms with Crippen molar-refractivity contribution in [3.05, 3.63) is 130 Å². The average Bonchev–Trinajstić information content (AvgIpc) is 0.758. The lowest BCUT2D eigenvalue weighted by Gasteiger charge is -2.36. The quantitative estimate of drug-likeness (QED) is 0.0615. The van der Waals surface area contributed by atoms with E-state index in [4.69, 9.17) is 56.8 Å². The van der Waals surface area contributed by atoms with Gasteiger partial charge in [0.15, 0.2) is 41.0 Å². The lowest BCUT2D eigenvalue weighted by atomic mass is 9.82. The van der Waals surface area contributed by atoms with Crippen LogP contribution in [0, 0.1) is 0 Å². The van der Waals surface area contributed by atoms with Gasteiger partial charge in [-0.25, -0.2) is 24.0 Å². The van der Waals surface area contributed by atoms with Gasteiger partial charge in [-0.3, -0.25) is 24.0 Å². The predicted molar refractivity (Wildman–Crippen MR) is 395 cm³/mol. The second kappa shape index (κ2) is 33.1. The number of nitrogens with one attached hydrogen (secondary N) is 2. The summed E-state index contributed by atoms with van der Waals surface area (Å²) in [5.41, 5.74) is 4.57. The first-order valence-electron chi connectivity index (χ1n) is 35.3. The molecule has 0 saturated carbocycles. The average molecular weight is 1510 g/mol. The first-order valence-corrected chi connectivity index (χ1v) is 35.3. The standard InChI is InChI=1S/2C24H29NO7.C19H21NO5.C15H14O3.ClH/c1-14(26)29-21-17-11-12-24(5,6)31-19(17)15-9-7-8-10-16(15)20(21)30-18(27)13-25-22(28)32-23(2,3)4;1-14(26)29-20-16-10-8-7-9-15(16)19-17(11-12-24(5,6)31-19)21(20)30-18(27)13-25-22(28)32-23(2,3)4;1-11(21)23-18-14-8-9-19(2,3)25-16(14)12-6-4-5-7-13(12)17(18)24-15(22)10-20;1-15(2)8-7-11-13(17)12(16)9-5-3-4-6-10(9)14(11)18-15;/h2*7-10H,11-13H2,1-6H3,(H,25,28);4-7H,8-10,20H2,1-3H3;3-6H,7-8H2,1-2H3;1H. The molecule has 12 rings (SSSR count). The SMILES string of the molecule is CC(=O)Oc1c(OC(=O)CNC(=O)OC(C)(C)C)c2c(c3ccccc13)OC(C)(C)CC2.CC(=O)Oc1c2c(c3ccccc3c1OC(=O)CNC(=O)OC(C)(C)C)OC(C)(C)CC2.CC(=O)Oc1c2c(c3ccccc3c1OC(=O)C[NH3+])OC(C)(C)CC2.CC1(C)CCC2=C(O1)c1ccccc1C(=O)C2=O.[Cl-]. The van der Waals surface area contributed by atoms with Crippen molar-refractivity contribution in [1.82, 2.24) is 10.6 Å². The van der Waals surface area contributed by atoms with Gasteiger partial charge in [0.1, 0.15) is 69.7 Å². The summed E-state index contributed by atoms with van der Waals surface area (Å²) in [5.74, 6) is -0.774. The van der Waals surface area contributed by atoms with E-state index in [0.717, 1.165) is 40.1 Å². The summed E-state index contributed by atoms with van der Waals surface area (Å²) in [5, 5.41) is 8.89. The topological polar surface area (TPSA) is 333 Å². The highest BCUT2D eigenvalue weighted by Gasteiger charge is 2.41. The molecule has 576 valence electrons. The molecule has 1 aliphatic carbocycles. The molecule has 7 aromatic carbocycles. The van der Waals surface area contributed by atoms with E-state index < -0.39 is 95.1 Å². The smallest absolute Gasteiger partial charge is 0.408 e. The number of carbonyl (C=O) groups excluding carboxylic acids is 10. The van der Waals surface area contributed by atoms with E-state index in [-0.39, 0.29) is 64.7 Å². The Hall–Kier alpha value is -10.8. The fraction of sp³-hybridized carbons (Fsp3) is 0.415. The lowest BCUT2D eigenvalue weighted by Crippen LogP contribution is -3.00. The monoisotopic (exact) mass is 1510 g/mol. The summed E-state index contributed by atoms with van der Waals surface area (Å²) >= 11 is 0. The number of ether oxygens (including phenoxy) is 12. The molecular weight excluding hydrogens is 1410 g/mol. The normalized spacial score (nSPS) is 15.8. The Kier molecular flexibility index (Phi) is 25.4. The summed E-state index contributed by atoms with van der Waals surface area (Å²) in [6.07, 6.45) is 3.83. The molecule has 0 unspecified atom stereocenters. The molecule has 0 radical (unpaired) electrons. The number of carbonyl (C=O) groups is 10. The van der Waals surface area contributed by atoms with Crippen LogP contribution in [0.4, 0.5) is 9.59 Å². The molecule has 7 aromatic rings. The zero-order valence-electron chi connectivity index (χ0n) is 64.1. The lowest BCUT2D eigenvalue weighted by molar-refractivity contribution is -0.358. The highest BCUT2D eigenvalue weighted by molar-refractivity contribution is 6.52. The van der Waals surface area contributed by atoms with Gasteiger partial charge >= 0.3 is 48.0 Å². The Bertz CT molecular complexity index is 4760. The van der Waals surface area contributed by atoms with Gasteiger partial charge < -0.3 is 85.6 Å². The Morgan fingerprint density at radius 2 is 0.694 bits per heavy atom. The fourth-order valence-corrected chi connectivity index (χ4v) is 12.4. The molecule has 108 heavy (non-hydrogen) atoms. The van der Waals surface area contributed by atoms with Crippen molar-refractivity contribution in [2.24, 2.45) is 0 Å². The fourth-order valence-electron chi connectivity index (χ4n) is 12.4. The maximum absolute atomic E-state index is 12.6. The first kappa shape index (κ1) is 82.9. The molecule has 26 heteroatoms. The van der Waals surface area contributed by atoms with E-state index in [1.165, 1.54) is 20.8 Å². The van der Waals surface area contributed by atoms with Crippen molar-refractivity contribution in [2.75, 3.05) is 19.6 Å². The zero-order chi connectivity index (χ0) is 78.5. The van der Waals surface area contributed by atoms with E-state index in [9.17, 15) is 47.9 Å². The maximum Gasteiger partial charge on any atom is 0.408 e. The van der Waals surface area contributed by atoms with Crippen LogP contribution < -0.4 is 71.4 Å². The second-order valence-corrected chi connectivity index (χ2v) is 30.7. The molecule has 0 spiro atoms. The van der Waals surface area contributed by atoms with Gasteiger partial charge in [-0.05, 0) is 148 Å². The number of alkyl carbamates (subject to hydrolysis) is 2. The number of Topliss-reactive ketones (excluding diaryl/α,β-unsaturated/α-hetero) is 2. The summed E-state index contributed by atoms with van der Waals surface area (Å²) in [6, 6.07) is 29.2. The molecule has 0 aromatic heterocycles. The van der Waals surface area contributed by atoms with Crippen molar-refractivity contribution < 1.29 is 123 Å². The number of fused-ring (bicyclic) bond motifs is 11. The van der Waals surface area contributed by atoms with Gasteiger partial charge in [0.05, 0.1) is 0 Å². The number of ketones is 2. The van der Waals surface area contributed by atoms with E-state index >= 15 is 0 Å². The number of benzene rings is 7. The third kappa shape index (κ3) is 20.5.